The van der Waals surface area contributed by atoms with Crippen molar-refractivity contribution in [3.63, 3.8) is 0 Å². The Morgan fingerprint density at radius 1 is 1.00 bits per heavy atom. The SMILES string of the molecule is CCNCC(Cc1ccccc1)C1CC1c1ccccc1. The van der Waals surface area contributed by atoms with Gasteiger partial charge in [-0.1, -0.05) is 67.6 Å². The van der Waals surface area contributed by atoms with Crippen molar-refractivity contribution in [2.24, 2.45) is 11.8 Å². The zero-order valence-corrected chi connectivity index (χ0v) is 12.8. The number of hydrogen-bond donors (Lipinski definition) is 1. The first-order chi connectivity index (χ1) is 10.4. The van der Waals surface area contributed by atoms with Gasteiger partial charge in [0.2, 0.25) is 0 Å². The first kappa shape index (κ1) is 14.3. The molecule has 21 heavy (non-hydrogen) atoms. The van der Waals surface area contributed by atoms with Crippen molar-refractivity contribution < 1.29 is 0 Å². The molecule has 0 heterocycles. The van der Waals surface area contributed by atoms with Gasteiger partial charge in [-0.15, -0.1) is 0 Å². The third-order valence-electron chi connectivity index (χ3n) is 4.67. The van der Waals surface area contributed by atoms with Gasteiger partial charge in [-0.25, -0.2) is 0 Å². The highest BCUT2D eigenvalue weighted by Gasteiger charge is 2.43. The lowest BCUT2D eigenvalue weighted by atomic mass is 9.92. The van der Waals surface area contributed by atoms with Crippen molar-refractivity contribution in [3.05, 3.63) is 71.8 Å². The molecular weight excluding hydrogens is 254 g/mol. The summed E-state index contributed by atoms with van der Waals surface area (Å²) in [4.78, 5) is 0. The number of rotatable bonds is 7. The zero-order valence-electron chi connectivity index (χ0n) is 12.8. The van der Waals surface area contributed by atoms with E-state index in [1.54, 1.807) is 0 Å². The second-order valence-corrected chi connectivity index (χ2v) is 6.17. The standard InChI is InChI=1S/C20H25N/c1-2-21-15-18(13-16-9-5-3-6-10-16)20-14-19(20)17-11-7-4-8-12-17/h3-12,18-21H,2,13-15H2,1H3. The molecule has 1 nitrogen and oxygen atoms in total. The van der Waals surface area contributed by atoms with Gasteiger partial charge >= 0.3 is 0 Å². The van der Waals surface area contributed by atoms with Gasteiger partial charge < -0.3 is 5.32 Å². The summed E-state index contributed by atoms with van der Waals surface area (Å²) in [6, 6.07) is 22.0. The van der Waals surface area contributed by atoms with Gasteiger partial charge in [0.15, 0.2) is 0 Å². The smallest absolute Gasteiger partial charge is 0.00146 e. The van der Waals surface area contributed by atoms with Crippen molar-refractivity contribution in [1.29, 1.82) is 0 Å². The van der Waals surface area contributed by atoms with E-state index in [4.69, 9.17) is 0 Å². The summed E-state index contributed by atoms with van der Waals surface area (Å²) < 4.78 is 0. The third-order valence-corrected chi connectivity index (χ3v) is 4.67. The Balaban J connectivity index is 1.66. The van der Waals surface area contributed by atoms with E-state index in [2.05, 4.69) is 72.9 Å². The van der Waals surface area contributed by atoms with Gasteiger partial charge in [-0.2, -0.15) is 0 Å². The molecule has 0 radical (unpaired) electrons. The van der Waals surface area contributed by atoms with Crippen molar-refractivity contribution in [3.8, 4) is 0 Å². The van der Waals surface area contributed by atoms with Crippen LogP contribution in [0.4, 0.5) is 0 Å². The maximum atomic E-state index is 3.56. The van der Waals surface area contributed by atoms with E-state index in [0.717, 1.165) is 30.8 Å². The first-order valence-corrected chi connectivity index (χ1v) is 8.18. The highest BCUT2D eigenvalue weighted by atomic mass is 14.9. The van der Waals surface area contributed by atoms with Gasteiger partial charge in [0, 0.05) is 0 Å². The molecule has 0 saturated heterocycles. The first-order valence-electron chi connectivity index (χ1n) is 8.18. The molecule has 110 valence electrons. The van der Waals surface area contributed by atoms with Crippen molar-refractivity contribution >= 4 is 0 Å². The van der Waals surface area contributed by atoms with Crippen molar-refractivity contribution in [1.82, 2.24) is 5.32 Å². The Labute approximate surface area is 128 Å². The fourth-order valence-corrected chi connectivity index (χ4v) is 3.44. The number of nitrogens with one attached hydrogen (secondary N) is 1. The van der Waals surface area contributed by atoms with Crippen LogP contribution in [0.5, 0.6) is 0 Å². The Morgan fingerprint density at radius 2 is 1.67 bits per heavy atom. The van der Waals surface area contributed by atoms with Crippen LogP contribution >= 0.6 is 0 Å². The molecule has 3 rings (SSSR count). The predicted octanol–water partition coefficient (Wildman–Crippen LogP) is 4.26. The second-order valence-electron chi connectivity index (χ2n) is 6.17. The van der Waals surface area contributed by atoms with Crippen LogP contribution in [-0.2, 0) is 6.42 Å². The molecule has 0 aromatic heterocycles. The van der Waals surface area contributed by atoms with Crippen molar-refractivity contribution in [2.75, 3.05) is 13.1 Å². The van der Waals surface area contributed by atoms with E-state index in [1.165, 1.54) is 24.0 Å². The largest absolute Gasteiger partial charge is 0.317 e. The van der Waals surface area contributed by atoms with Crippen LogP contribution in [0.25, 0.3) is 0 Å². The molecule has 1 N–H and O–H groups in total. The quantitative estimate of drug-likeness (QED) is 0.798. The lowest BCUT2D eigenvalue weighted by molar-refractivity contribution is 0.421. The second kappa shape index (κ2) is 6.91. The van der Waals surface area contributed by atoms with Crippen LogP contribution in [0.1, 0.15) is 30.4 Å². The van der Waals surface area contributed by atoms with Crippen LogP contribution < -0.4 is 5.32 Å². The molecular formula is C20H25N. The normalized spacial score (nSPS) is 22.0. The predicted molar refractivity (Wildman–Crippen MR) is 89.5 cm³/mol. The highest BCUT2D eigenvalue weighted by molar-refractivity contribution is 5.27. The Kier molecular flexibility index (Phi) is 4.72. The summed E-state index contributed by atoms with van der Waals surface area (Å²) in [6.07, 6.45) is 2.55. The fourth-order valence-electron chi connectivity index (χ4n) is 3.44. The maximum Gasteiger partial charge on any atom is -0.00146 e. The van der Waals surface area contributed by atoms with Crippen LogP contribution in [0, 0.1) is 11.8 Å². The highest BCUT2D eigenvalue weighted by Crippen LogP contribution is 2.52. The minimum absolute atomic E-state index is 0.748. The minimum Gasteiger partial charge on any atom is -0.317 e. The molecule has 0 amide bonds. The average Bonchev–Trinajstić information content (AvgIpc) is 3.34. The van der Waals surface area contributed by atoms with E-state index in [0.29, 0.717) is 0 Å². The van der Waals surface area contributed by atoms with E-state index in [9.17, 15) is 0 Å². The molecule has 1 saturated carbocycles. The van der Waals surface area contributed by atoms with Gasteiger partial charge in [-0.3, -0.25) is 0 Å². The molecule has 1 aliphatic rings. The van der Waals surface area contributed by atoms with Gasteiger partial charge in [0.1, 0.15) is 0 Å². The molecule has 1 fully saturated rings. The molecule has 3 unspecified atom stereocenters. The van der Waals surface area contributed by atoms with Crippen LogP contribution in [0.15, 0.2) is 60.7 Å². The lowest BCUT2D eigenvalue weighted by Gasteiger charge is -2.18. The maximum absolute atomic E-state index is 3.56. The zero-order chi connectivity index (χ0) is 14.5. The van der Waals surface area contributed by atoms with Crippen LogP contribution in [0.3, 0.4) is 0 Å². The summed E-state index contributed by atoms with van der Waals surface area (Å²) in [5.74, 6) is 2.36. The summed E-state index contributed by atoms with van der Waals surface area (Å²) in [5, 5.41) is 3.56. The Bertz CT molecular complexity index is 534. The van der Waals surface area contributed by atoms with Crippen LogP contribution in [0.2, 0.25) is 0 Å². The monoisotopic (exact) mass is 279 g/mol. The van der Waals surface area contributed by atoms with Gasteiger partial charge in [-0.05, 0) is 54.8 Å². The Morgan fingerprint density at radius 3 is 2.33 bits per heavy atom. The number of benzene rings is 2. The summed E-state index contributed by atoms with van der Waals surface area (Å²) in [7, 11) is 0. The van der Waals surface area contributed by atoms with Crippen LogP contribution in [-0.4, -0.2) is 13.1 Å². The molecule has 1 aliphatic carbocycles. The molecule has 0 bridgehead atoms. The topological polar surface area (TPSA) is 12.0 Å². The van der Waals surface area contributed by atoms with Gasteiger partial charge in [0.25, 0.3) is 0 Å². The molecule has 3 atom stereocenters. The van der Waals surface area contributed by atoms with E-state index >= 15 is 0 Å². The lowest BCUT2D eigenvalue weighted by Crippen LogP contribution is -2.26. The summed E-state index contributed by atoms with van der Waals surface area (Å²) in [6.45, 7) is 4.40. The van der Waals surface area contributed by atoms with E-state index in [1.807, 2.05) is 0 Å². The Hall–Kier alpha value is -1.60. The molecule has 0 aliphatic heterocycles. The average molecular weight is 279 g/mol. The molecule has 1 heteroatoms. The van der Waals surface area contributed by atoms with E-state index in [-0.39, 0.29) is 0 Å². The van der Waals surface area contributed by atoms with E-state index < -0.39 is 0 Å². The summed E-state index contributed by atoms with van der Waals surface area (Å²) >= 11 is 0. The minimum atomic E-state index is 0.748. The van der Waals surface area contributed by atoms with Gasteiger partial charge in [0.05, 0.1) is 0 Å². The number of hydrogen-bond acceptors (Lipinski definition) is 1. The van der Waals surface area contributed by atoms with Crippen molar-refractivity contribution in [2.45, 2.75) is 25.7 Å². The fraction of sp³-hybridized carbons (Fsp3) is 0.400. The summed E-state index contributed by atoms with van der Waals surface area (Å²) in [5.41, 5.74) is 3.00. The molecule has 2 aromatic rings. The molecule has 2 aromatic carbocycles. The third kappa shape index (κ3) is 3.74. The molecule has 0 spiro atoms.